The van der Waals surface area contributed by atoms with Gasteiger partial charge in [0.15, 0.2) is 0 Å². The van der Waals surface area contributed by atoms with Gasteiger partial charge in [0, 0.05) is 75.0 Å². The van der Waals surface area contributed by atoms with Gasteiger partial charge in [-0.1, -0.05) is 78.9 Å². The predicted molar refractivity (Wildman–Crippen MR) is 161 cm³/mol. The third kappa shape index (κ3) is 5.68. The lowest BCUT2D eigenvalue weighted by atomic mass is 9.56. The van der Waals surface area contributed by atoms with Crippen LogP contribution in [0.4, 0.5) is 0 Å². The molecule has 1 amide bonds. The molecule has 0 radical (unpaired) electrons. The SMILES string of the molecule is CN1CCN(CCOc2ccccc2CC(=O)N2CC3C(=O)CCC(c4ccccc4)(c4ccccc4)C3C2)CC1. The van der Waals surface area contributed by atoms with E-state index in [1.54, 1.807) is 0 Å². The van der Waals surface area contributed by atoms with E-state index in [1.165, 1.54) is 11.1 Å². The van der Waals surface area contributed by atoms with E-state index in [-0.39, 0.29) is 29.6 Å². The van der Waals surface area contributed by atoms with Crippen LogP contribution in [0.25, 0.3) is 0 Å². The Balaban J connectivity index is 1.18. The highest BCUT2D eigenvalue weighted by molar-refractivity contribution is 5.86. The molecule has 3 aromatic rings. The Kier molecular flexibility index (Phi) is 8.22. The Labute approximate surface area is 243 Å². The van der Waals surface area contributed by atoms with Crippen molar-refractivity contribution in [2.24, 2.45) is 11.8 Å². The van der Waals surface area contributed by atoms with E-state index < -0.39 is 0 Å². The van der Waals surface area contributed by atoms with Gasteiger partial charge in [-0.05, 0) is 30.7 Å². The summed E-state index contributed by atoms with van der Waals surface area (Å²) < 4.78 is 6.21. The Bertz CT molecular complexity index is 1300. The summed E-state index contributed by atoms with van der Waals surface area (Å²) in [7, 11) is 2.16. The van der Waals surface area contributed by atoms with Crippen LogP contribution in [0.3, 0.4) is 0 Å². The number of carbonyl (C=O) groups is 2. The van der Waals surface area contributed by atoms with Gasteiger partial charge < -0.3 is 14.5 Å². The molecule has 0 bridgehead atoms. The third-order valence-electron chi connectivity index (χ3n) is 9.64. The summed E-state index contributed by atoms with van der Waals surface area (Å²) in [5.41, 5.74) is 3.10. The first-order chi connectivity index (χ1) is 20.0. The van der Waals surface area contributed by atoms with Crippen LogP contribution in [-0.4, -0.2) is 85.9 Å². The zero-order valence-corrected chi connectivity index (χ0v) is 24.1. The summed E-state index contributed by atoms with van der Waals surface area (Å²) >= 11 is 0. The van der Waals surface area contributed by atoms with Crippen LogP contribution in [0.2, 0.25) is 0 Å². The molecule has 1 aliphatic carbocycles. The van der Waals surface area contributed by atoms with Crippen molar-refractivity contribution in [2.75, 3.05) is 59.5 Å². The van der Waals surface area contributed by atoms with Crippen molar-refractivity contribution < 1.29 is 14.3 Å². The quantitative estimate of drug-likeness (QED) is 0.419. The van der Waals surface area contributed by atoms with Gasteiger partial charge >= 0.3 is 0 Å². The number of Topliss-reactive ketones (excluding diaryl/α,β-unsaturated/α-hetero) is 1. The lowest BCUT2D eigenvalue weighted by Crippen LogP contribution is -2.47. The van der Waals surface area contributed by atoms with Crippen LogP contribution in [0.15, 0.2) is 84.9 Å². The largest absolute Gasteiger partial charge is 0.492 e. The molecule has 41 heavy (non-hydrogen) atoms. The number of rotatable bonds is 8. The number of fused-ring (bicyclic) bond motifs is 1. The average molecular weight is 552 g/mol. The number of likely N-dealkylation sites (N-methyl/N-ethyl adjacent to an activating group) is 1. The van der Waals surface area contributed by atoms with Gasteiger partial charge in [0.05, 0.1) is 6.42 Å². The molecule has 6 nitrogen and oxygen atoms in total. The molecule has 6 rings (SSSR count). The van der Waals surface area contributed by atoms with E-state index in [9.17, 15) is 9.59 Å². The summed E-state index contributed by atoms with van der Waals surface area (Å²) in [4.78, 5) is 33.8. The molecule has 2 saturated heterocycles. The highest BCUT2D eigenvalue weighted by Gasteiger charge is 2.55. The Morgan fingerprint density at radius 3 is 2.17 bits per heavy atom. The van der Waals surface area contributed by atoms with Crippen LogP contribution in [0.5, 0.6) is 5.75 Å². The number of nitrogens with zero attached hydrogens (tertiary/aromatic N) is 3. The third-order valence-corrected chi connectivity index (χ3v) is 9.64. The fourth-order valence-corrected chi connectivity index (χ4v) is 7.30. The standard InChI is InChI=1S/C35H41N3O3/c1-36-18-20-37(21-19-36)22-23-41-33-15-9-8-10-27(33)24-34(40)38-25-30-31(26-38)35(17-16-32(30)39,28-11-4-2-5-12-28)29-13-6-3-7-14-29/h2-15,30-31H,16-26H2,1H3. The van der Waals surface area contributed by atoms with Crippen LogP contribution < -0.4 is 4.74 Å². The second-order valence-corrected chi connectivity index (χ2v) is 12.0. The number of piperazine rings is 1. The minimum absolute atomic E-state index is 0.0487. The van der Waals surface area contributed by atoms with E-state index in [2.05, 4.69) is 65.4 Å². The molecular formula is C35H41N3O3. The molecule has 2 aliphatic heterocycles. The molecule has 214 valence electrons. The first kappa shape index (κ1) is 27.7. The number of ketones is 1. The van der Waals surface area contributed by atoms with E-state index in [0.717, 1.165) is 50.5 Å². The maximum Gasteiger partial charge on any atom is 0.227 e. The lowest BCUT2D eigenvalue weighted by Gasteiger charge is -2.45. The molecule has 3 fully saturated rings. The number of ether oxygens (including phenoxy) is 1. The van der Waals surface area contributed by atoms with Crippen LogP contribution in [-0.2, 0) is 21.4 Å². The second-order valence-electron chi connectivity index (χ2n) is 12.0. The van der Waals surface area contributed by atoms with Crippen molar-refractivity contribution in [3.8, 4) is 5.75 Å². The molecular weight excluding hydrogens is 510 g/mol. The number of carbonyl (C=O) groups excluding carboxylic acids is 2. The van der Waals surface area contributed by atoms with Crippen LogP contribution in [0.1, 0.15) is 29.5 Å². The van der Waals surface area contributed by atoms with Gasteiger partial charge in [-0.15, -0.1) is 0 Å². The molecule has 0 aromatic heterocycles. The maximum absolute atomic E-state index is 13.8. The number of likely N-dealkylation sites (tertiary alicyclic amines) is 1. The molecule has 1 saturated carbocycles. The van der Waals surface area contributed by atoms with Crippen LogP contribution >= 0.6 is 0 Å². The highest BCUT2D eigenvalue weighted by Crippen LogP contribution is 2.52. The number of benzene rings is 3. The van der Waals surface area contributed by atoms with Gasteiger partial charge in [-0.2, -0.15) is 0 Å². The molecule has 0 spiro atoms. The number of para-hydroxylation sites is 1. The zero-order valence-electron chi connectivity index (χ0n) is 24.1. The van der Waals surface area contributed by atoms with E-state index in [0.29, 0.717) is 31.9 Å². The fourth-order valence-electron chi connectivity index (χ4n) is 7.30. The highest BCUT2D eigenvalue weighted by atomic mass is 16.5. The predicted octanol–water partition coefficient (Wildman–Crippen LogP) is 4.28. The second kappa shape index (κ2) is 12.2. The molecule has 3 aliphatic rings. The van der Waals surface area contributed by atoms with Gasteiger partial charge in [0.1, 0.15) is 18.1 Å². The molecule has 0 N–H and O–H groups in total. The van der Waals surface area contributed by atoms with Gasteiger partial charge in [0.25, 0.3) is 0 Å². The van der Waals surface area contributed by atoms with E-state index in [4.69, 9.17) is 4.74 Å². The molecule has 2 atom stereocenters. The monoisotopic (exact) mass is 551 g/mol. The number of hydrogen-bond donors (Lipinski definition) is 0. The fraction of sp³-hybridized carbons (Fsp3) is 0.429. The topological polar surface area (TPSA) is 53.1 Å². The van der Waals surface area contributed by atoms with E-state index in [1.807, 2.05) is 41.3 Å². The van der Waals surface area contributed by atoms with Crippen molar-refractivity contribution in [3.63, 3.8) is 0 Å². The molecule has 2 unspecified atom stereocenters. The first-order valence-electron chi connectivity index (χ1n) is 15.1. The maximum atomic E-state index is 13.8. The zero-order chi connectivity index (χ0) is 28.2. The summed E-state index contributed by atoms with van der Waals surface area (Å²) in [5, 5.41) is 0. The summed E-state index contributed by atoms with van der Waals surface area (Å²) in [6, 6.07) is 29.1. The van der Waals surface area contributed by atoms with Crippen molar-refractivity contribution in [2.45, 2.75) is 24.7 Å². The van der Waals surface area contributed by atoms with Gasteiger partial charge in [0.2, 0.25) is 5.91 Å². The van der Waals surface area contributed by atoms with Crippen molar-refractivity contribution in [1.82, 2.24) is 14.7 Å². The Morgan fingerprint density at radius 1 is 0.854 bits per heavy atom. The molecule has 2 heterocycles. The van der Waals surface area contributed by atoms with Gasteiger partial charge in [-0.25, -0.2) is 0 Å². The molecule has 6 heteroatoms. The smallest absolute Gasteiger partial charge is 0.227 e. The summed E-state index contributed by atoms with van der Waals surface area (Å²) in [5.74, 6) is 1.04. The summed E-state index contributed by atoms with van der Waals surface area (Å²) in [6.45, 7) is 6.86. The Hall–Kier alpha value is -3.48. The number of amides is 1. The minimum Gasteiger partial charge on any atom is -0.492 e. The normalized spacial score (nSPS) is 22.9. The van der Waals surface area contributed by atoms with E-state index >= 15 is 0 Å². The number of hydrogen-bond acceptors (Lipinski definition) is 5. The van der Waals surface area contributed by atoms with Crippen molar-refractivity contribution in [3.05, 3.63) is 102 Å². The minimum atomic E-state index is -0.291. The lowest BCUT2D eigenvalue weighted by molar-refractivity contribution is -0.129. The van der Waals surface area contributed by atoms with Gasteiger partial charge in [-0.3, -0.25) is 14.5 Å². The Morgan fingerprint density at radius 2 is 1.49 bits per heavy atom. The first-order valence-corrected chi connectivity index (χ1v) is 15.1. The van der Waals surface area contributed by atoms with Crippen LogP contribution in [0, 0.1) is 11.8 Å². The van der Waals surface area contributed by atoms with Crippen molar-refractivity contribution in [1.29, 1.82) is 0 Å². The molecule has 3 aromatic carbocycles. The summed E-state index contributed by atoms with van der Waals surface area (Å²) in [6.07, 6.45) is 1.59. The van der Waals surface area contributed by atoms with Crippen molar-refractivity contribution >= 4 is 11.7 Å². The average Bonchev–Trinajstić information content (AvgIpc) is 3.48.